The second kappa shape index (κ2) is 5.13. The minimum atomic E-state index is -3.25. The minimum absolute atomic E-state index is 0.502. The summed E-state index contributed by atoms with van der Waals surface area (Å²) in [4.78, 5) is 24.0. The van der Waals surface area contributed by atoms with Gasteiger partial charge in [-0.3, -0.25) is 10.1 Å². The second-order valence-corrected chi connectivity index (χ2v) is 2.94. The molecule has 0 aliphatic rings. The van der Waals surface area contributed by atoms with E-state index in [1.165, 1.54) is 6.07 Å². The van der Waals surface area contributed by atoms with Gasteiger partial charge in [0.05, 0.1) is 17.6 Å². The summed E-state index contributed by atoms with van der Waals surface area (Å²) >= 11 is 0. The molecule has 1 aromatic heterocycles. The van der Waals surface area contributed by atoms with E-state index in [-0.39, 0.29) is 0 Å². The molecule has 0 unspecified atom stereocenters. The summed E-state index contributed by atoms with van der Waals surface area (Å²) in [6, 6.07) is 1.46. The van der Waals surface area contributed by atoms with Crippen LogP contribution in [0.4, 0.5) is 14.5 Å². The summed E-state index contributed by atoms with van der Waals surface area (Å²) in [5.74, 6) is -1.25. The molecule has 0 atom stereocenters. The number of carbonyl (C=O) groups excluding carboxylic acids is 1. The fraction of sp³-hybridized carbons (Fsp3) is 0.222. The van der Waals surface area contributed by atoms with E-state index in [0.29, 0.717) is 6.20 Å². The average molecular weight is 257 g/mol. The molecule has 0 spiro atoms. The van der Waals surface area contributed by atoms with Crippen molar-refractivity contribution in [2.24, 2.45) is 0 Å². The summed E-state index contributed by atoms with van der Waals surface area (Å²) in [6.45, 7) is 0. The van der Waals surface area contributed by atoms with Crippen molar-refractivity contribution in [3.63, 3.8) is 0 Å². The highest BCUT2D eigenvalue weighted by Gasteiger charge is 2.34. The molecule has 9 heteroatoms. The van der Waals surface area contributed by atoms with E-state index < -0.39 is 39.8 Å². The molecule has 1 aromatic rings. The van der Waals surface area contributed by atoms with Gasteiger partial charge in [0.15, 0.2) is 11.3 Å². The van der Waals surface area contributed by atoms with E-state index >= 15 is 0 Å². The second-order valence-electron chi connectivity index (χ2n) is 2.94. The number of carbonyl (C=O) groups is 1. The van der Waals surface area contributed by atoms with Crippen LogP contribution in [0.3, 0.4) is 0 Å². The molecule has 0 aliphatic heterocycles. The molecule has 0 saturated heterocycles. The average Bonchev–Trinajstić information content (AvgIpc) is 2.35. The maximum atomic E-state index is 12.6. The number of nitrogens with zero attached hydrogens (tertiary/aromatic N) is 3. The first kappa shape index (κ1) is 13.4. The predicted octanol–water partition coefficient (Wildman–Crippen LogP) is 1.59. The van der Waals surface area contributed by atoms with Crippen LogP contribution < -0.4 is 0 Å². The SMILES string of the molecule is COC(=O)c1c(C#N)cnc(C(F)F)c1[N+](=O)[O-]. The van der Waals surface area contributed by atoms with Crippen LogP contribution >= 0.6 is 0 Å². The summed E-state index contributed by atoms with van der Waals surface area (Å²) in [7, 11) is 0.912. The summed E-state index contributed by atoms with van der Waals surface area (Å²) in [5, 5.41) is 19.4. The number of hydrogen-bond donors (Lipinski definition) is 0. The number of nitriles is 1. The maximum absolute atomic E-state index is 12.6. The Labute approximate surface area is 98.8 Å². The van der Waals surface area contributed by atoms with Crippen LogP contribution in [0.5, 0.6) is 0 Å². The van der Waals surface area contributed by atoms with E-state index in [1.54, 1.807) is 0 Å². The topological polar surface area (TPSA) is 106 Å². The van der Waals surface area contributed by atoms with Crippen LogP contribution in [0.25, 0.3) is 0 Å². The number of pyridine rings is 1. The van der Waals surface area contributed by atoms with Gasteiger partial charge >= 0.3 is 11.7 Å². The first-order valence-electron chi connectivity index (χ1n) is 4.37. The zero-order valence-corrected chi connectivity index (χ0v) is 8.89. The Balaban J connectivity index is 3.71. The van der Waals surface area contributed by atoms with Crippen LogP contribution in [0.2, 0.25) is 0 Å². The number of esters is 1. The van der Waals surface area contributed by atoms with E-state index in [2.05, 4.69) is 9.72 Å². The molecule has 0 amide bonds. The fourth-order valence-corrected chi connectivity index (χ4v) is 1.25. The van der Waals surface area contributed by atoms with Crippen molar-refractivity contribution in [2.75, 3.05) is 7.11 Å². The lowest BCUT2D eigenvalue weighted by Gasteiger charge is -2.06. The van der Waals surface area contributed by atoms with Crippen molar-refractivity contribution >= 4 is 11.7 Å². The highest BCUT2D eigenvalue weighted by molar-refractivity contribution is 5.96. The molecular formula is C9H5F2N3O4. The van der Waals surface area contributed by atoms with Gasteiger partial charge in [-0.25, -0.2) is 18.6 Å². The monoisotopic (exact) mass is 257 g/mol. The number of rotatable bonds is 3. The Morgan fingerprint density at radius 3 is 2.67 bits per heavy atom. The molecule has 0 aromatic carbocycles. The molecule has 0 saturated carbocycles. The first-order valence-corrected chi connectivity index (χ1v) is 4.37. The lowest BCUT2D eigenvalue weighted by molar-refractivity contribution is -0.387. The van der Waals surface area contributed by atoms with Crippen molar-refractivity contribution < 1.29 is 23.2 Å². The van der Waals surface area contributed by atoms with Crippen molar-refractivity contribution in [3.8, 4) is 6.07 Å². The van der Waals surface area contributed by atoms with Crippen molar-refractivity contribution in [3.05, 3.63) is 33.1 Å². The Morgan fingerprint density at radius 2 is 2.28 bits per heavy atom. The Kier molecular flexibility index (Phi) is 3.83. The zero-order chi connectivity index (χ0) is 13.9. The fourth-order valence-electron chi connectivity index (χ4n) is 1.25. The molecule has 94 valence electrons. The Morgan fingerprint density at radius 1 is 1.67 bits per heavy atom. The van der Waals surface area contributed by atoms with Crippen LogP contribution in [0.15, 0.2) is 6.20 Å². The number of halogens is 2. The third kappa shape index (κ3) is 2.22. The molecule has 0 bridgehead atoms. The zero-order valence-electron chi connectivity index (χ0n) is 8.89. The molecule has 0 radical (unpaired) electrons. The van der Waals surface area contributed by atoms with E-state index in [0.717, 1.165) is 7.11 Å². The molecule has 1 rings (SSSR count). The number of methoxy groups -OCH3 is 1. The van der Waals surface area contributed by atoms with Crippen LogP contribution in [-0.2, 0) is 4.74 Å². The van der Waals surface area contributed by atoms with Gasteiger partial charge in [0.2, 0.25) is 0 Å². The lowest BCUT2D eigenvalue weighted by Crippen LogP contribution is -2.12. The molecule has 0 aliphatic carbocycles. The Hall–Kier alpha value is -2.63. The Bertz CT molecular complexity index is 553. The minimum Gasteiger partial charge on any atom is -0.465 e. The molecular weight excluding hydrogens is 252 g/mol. The summed E-state index contributed by atoms with van der Waals surface area (Å²) in [5.41, 5.74) is -3.72. The van der Waals surface area contributed by atoms with E-state index in [9.17, 15) is 23.7 Å². The highest BCUT2D eigenvalue weighted by atomic mass is 19.3. The van der Waals surface area contributed by atoms with Gasteiger partial charge in [-0.05, 0) is 0 Å². The van der Waals surface area contributed by atoms with Gasteiger partial charge in [0.1, 0.15) is 6.07 Å². The first-order chi connectivity index (χ1) is 8.43. The van der Waals surface area contributed by atoms with Gasteiger partial charge in [-0.1, -0.05) is 0 Å². The van der Waals surface area contributed by atoms with Gasteiger partial charge in [-0.2, -0.15) is 5.26 Å². The van der Waals surface area contributed by atoms with Crippen LogP contribution in [0, 0.1) is 21.4 Å². The van der Waals surface area contributed by atoms with Crippen molar-refractivity contribution in [2.45, 2.75) is 6.43 Å². The van der Waals surface area contributed by atoms with Gasteiger partial charge in [0.25, 0.3) is 6.43 Å². The lowest BCUT2D eigenvalue weighted by atomic mass is 10.1. The molecule has 18 heavy (non-hydrogen) atoms. The molecule has 7 nitrogen and oxygen atoms in total. The third-order valence-corrected chi connectivity index (χ3v) is 1.98. The van der Waals surface area contributed by atoms with Crippen molar-refractivity contribution in [1.82, 2.24) is 4.98 Å². The highest BCUT2D eigenvalue weighted by Crippen LogP contribution is 2.32. The number of aromatic nitrogens is 1. The number of hydrogen-bond acceptors (Lipinski definition) is 6. The molecule has 0 fully saturated rings. The van der Waals surface area contributed by atoms with Gasteiger partial charge in [0, 0.05) is 6.20 Å². The standard InChI is InChI=1S/C9H5F2N3O4/c1-18-9(15)5-4(2-12)3-13-6(8(10)11)7(5)14(16)17/h3,8H,1H3. The summed E-state index contributed by atoms with van der Waals surface area (Å²) in [6.07, 6.45) is -2.58. The number of alkyl halides is 2. The van der Waals surface area contributed by atoms with Crippen molar-refractivity contribution in [1.29, 1.82) is 5.26 Å². The van der Waals surface area contributed by atoms with E-state index in [1.807, 2.05) is 0 Å². The predicted molar refractivity (Wildman–Crippen MR) is 51.9 cm³/mol. The number of ether oxygens (including phenoxy) is 1. The smallest absolute Gasteiger partial charge is 0.346 e. The van der Waals surface area contributed by atoms with Gasteiger partial charge < -0.3 is 4.74 Å². The maximum Gasteiger partial charge on any atom is 0.346 e. The normalized spacial score (nSPS) is 9.94. The molecule has 0 N–H and O–H groups in total. The van der Waals surface area contributed by atoms with Crippen LogP contribution in [-0.4, -0.2) is 23.0 Å². The van der Waals surface area contributed by atoms with Gasteiger partial charge in [-0.15, -0.1) is 0 Å². The van der Waals surface area contributed by atoms with Crippen LogP contribution in [0.1, 0.15) is 28.0 Å². The van der Waals surface area contributed by atoms with E-state index in [4.69, 9.17) is 5.26 Å². The number of nitro groups is 1. The quantitative estimate of drug-likeness (QED) is 0.462. The largest absolute Gasteiger partial charge is 0.465 e. The molecule has 1 heterocycles. The third-order valence-electron chi connectivity index (χ3n) is 1.98. The summed E-state index contributed by atoms with van der Waals surface area (Å²) < 4.78 is 29.4.